The first-order valence-electron chi connectivity index (χ1n) is 8.60. The van der Waals surface area contributed by atoms with E-state index in [-0.39, 0.29) is 12.7 Å². The van der Waals surface area contributed by atoms with E-state index in [1.165, 1.54) is 0 Å². The maximum absolute atomic E-state index is 12.7. The van der Waals surface area contributed by atoms with Gasteiger partial charge in [0.25, 0.3) is 5.91 Å². The number of carbonyl (C=O) groups is 1. The Kier molecular flexibility index (Phi) is 4.31. The van der Waals surface area contributed by atoms with Crippen LogP contribution in [0.25, 0.3) is 0 Å². The Morgan fingerprint density at radius 2 is 1.92 bits per heavy atom. The van der Waals surface area contributed by atoms with Crippen molar-refractivity contribution in [3.05, 3.63) is 42.0 Å². The molecule has 0 unspecified atom stereocenters. The van der Waals surface area contributed by atoms with Gasteiger partial charge in [-0.25, -0.2) is 4.98 Å². The summed E-state index contributed by atoms with van der Waals surface area (Å²) in [6.07, 6.45) is 3.84. The number of amides is 1. The molecule has 0 N–H and O–H groups in total. The molecule has 1 saturated heterocycles. The largest absolute Gasteiger partial charge is 0.454 e. The van der Waals surface area contributed by atoms with Crippen molar-refractivity contribution < 1.29 is 14.3 Å². The number of fused-ring (bicyclic) bond motifs is 1. The van der Waals surface area contributed by atoms with Crippen molar-refractivity contribution in [1.82, 2.24) is 19.4 Å². The highest BCUT2D eigenvalue weighted by molar-refractivity contribution is 5.95. The van der Waals surface area contributed by atoms with E-state index in [2.05, 4.69) is 14.5 Å². The first kappa shape index (κ1) is 16.0. The molecule has 25 heavy (non-hydrogen) atoms. The van der Waals surface area contributed by atoms with Gasteiger partial charge in [-0.05, 0) is 25.1 Å². The number of ether oxygens (including phenoxy) is 2. The number of piperazine rings is 1. The summed E-state index contributed by atoms with van der Waals surface area (Å²) >= 11 is 0. The number of carbonyl (C=O) groups excluding carboxylic acids is 1. The van der Waals surface area contributed by atoms with Crippen molar-refractivity contribution in [2.75, 3.05) is 39.5 Å². The summed E-state index contributed by atoms with van der Waals surface area (Å²) < 4.78 is 12.8. The Hall–Kier alpha value is -2.54. The molecule has 2 aliphatic rings. The molecule has 0 spiro atoms. The van der Waals surface area contributed by atoms with Crippen molar-refractivity contribution in [3.8, 4) is 11.5 Å². The van der Waals surface area contributed by atoms with Crippen LogP contribution < -0.4 is 9.47 Å². The number of aryl methyl sites for hydroxylation is 1. The first-order valence-corrected chi connectivity index (χ1v) is 8.60. The van der Waals surface area contributed by atoms with Gasteiger partial charge in [0.2, 0.25) is 6.79 Å². The zero-order chi connectivity index (χ0) is 17.2. The fraction of sp³-hybridized carbons (Fsp3) is 0.444. The molecule has 0 bridgehead atoms. The average Bonchev–Trinajstić information content (AvgIpc) is 3.27. The van der Waals surface area contributed by atoms with Crippen molar-refractivity contribution in [3.63, 3.8) is 0 Å². The topological polar surface area (TPSA) is 59.8 Å². The van der Waals surface area contributed by atoms with Gasteiger partial charge in [-0.1, -0.05) is 0 Å². The maximum atomic E-state index is 12.7. The van der Waals surface area contributed by atoms with Crippen LogP contribution in [0.2, 0.25) is 0 Å². The number of aromatic nitrogens is 2. The van der Waals surface area contributed by atoms with Gasteiger partial charge in [0, 0.05) is 57.2 Å². The predicted octanol–water partition coefficient (Wildman–Crippen LogP) is 1.38. The van der Waals surface area contributed by atoms with E-state index in [0.717, 1.165) is 45.1 Å². The molecule has 1 aromatic carbocycles. The quantitative estimate of drug-likeness (QED) is 0.840. The van der Waals surface area contributed by atoms with Crippen molar-refractivity contribution in [2.24, 2.45) is 0 Å². The summed E-state index contributed by atoms with van der Waals surface area (Å²) in [5.74, 6) is 2.45. The third-order valence-corrected chi connectivity index (χ3v) is 4.86. The Bertz CT molecular complexity index is 765. The lowest BCUT2D eigenvalue weighted by Crippen LogP contribution is -2.49. The van der Waals surface area contributed by atoms with Gasteiger partial charge in [-0.3, -0.25) is 9.69 Å². The van der Waals surface area contributed by atoms with E-state index >= 15 is 0 Å². The van der Waals surface area contributed by atoms with Crippen LogP contribution in [-0.4, -0.2) is 64.8 Å². The Morgan fingerprint density at radius 1 is 1.12 bits per heavy atom. The standard InChI is InChI=1S/C18H22N4O3/c1-14-19-4-5-21(14)9-6-20-7-10-22(11-8-20)18(23)15-2-3-16-17(12-15)25-13-24-16/h2-5,12H,6-11,13H2,1H3. The molecular formula is C18H22N4O3. The molecule has 0 aliphatic carbocycles. The number of benzene rings is 1. The third kappa shape index (κ3) is 3.32. The molecular weight excluding hydrogens is 320 g/mol. The van der Waals surface area contributed by atoms with Gasteiger partial charge in [0.1, 0.15) is 5.82 Å². The fourth-order valence-electron chi connectivity index (χ4n) is 3.28. The first-order chi connectivity index (χ1) is 12.2. The second-order valence-electron chi connectivity index (χ2n) is 6.37. The van der Waals surface area contributed by atoms with Crippen molar-refractivity contribution in [2.45, 2.75) is 13.5 Å². The SMILES string of the molecule is Cc1nccn1CCN1CCN(C(=O)c2ccc3c(c2)OCO3)CC1. The Labute approximate surface area is 146 Å². The number of nitrogens with zero attached hydrogens (tertiary/aromatic N) is 4. The Balaban J connectivity index is 1.31. The summed E-state index contributed by atoms with van der Waals surface area (Å²) in [6, 6.07) is 5.39. The van der Waals surface area contributed by atoms with Crippen LogP contribution in [0.3, 0.4) is 0 Å². The van der Waals surface area contributed by atoms with Crippen LogP contribution in [0.1, 0.15) is 16.2 Å². The maximum Gasteiger partial charge on any atom is 0.254 e. The molecule has 0 saturated carbocycles. The lowest BCUT2D eigenvalue weighted by atomic mass is 10.1. The minimum atomic E-state index is 0.0587. The van der Waals surface area contributed by atoms with E-state index in [1.807, 2.05) is 30.3 Å². The second kappa shape index (κ2) is 6.76. The van der Waals surface area contributed by atoms with Crippen LogP contribution in [0.5, 0.6) is 11.5 Å². The fourth-order valence-corrected chi connectivity index (χ4v) is 3.28. The molecule has 2 aliphatic heterocycles. The monoisotopic (exact) mass is 342 g/mol. The minimum Gasteiger partial charge on any atom is -0.454 e. The minimum absolute atomic E-state index is 0.0587. The van der Waals surface area contributed by atoms with Crippen LogP contribution >= 0.6 is 0 Å². The van der Waals surface area contributed by atoms with E-state index < -0.39 is 0 Å². The number of hydrogen-bond acceptors (Lipinski definition) is 5. The lowest BCUT2D eigenvalue weighted by Gasteiger charge is -2.34. The summed E-state index contributed by atoms with van der Waals surface area (Å²) in [5, 5.41) is 0. The number of rotatable bonds is 4. The molecule has 2 aromatic rings. The smallest absolute Gasteiger partial charge is 0.254 e. The third-order valence-electron chi connectivity index (χ3n) is 4.86. The molecule has 7 nitrogen and oxygen atoms in total. The molecule has 1 amide bonds. The molecule has 1 fully saturated rings. The van der Waals surface area contributed by atoms with Crippen LogP contribution in [0, 0.1) is 6.92 Å². The van der Waals surface area contributed by atoms with Crippen LogP contribution in [-0.2, 0) is 6.54 Å². The van der Waals surface area contributed by atoms with E-state index in [4.69, 9.17) is 9.47 Å². The molecule has 7 heteroatoms. The lowest BCUT2D eigenvalue weighted by molar-refractivity contribution is 0.0632. The molecule has 3 heterocycles. The zero-order valence-corrected chi connectivity index (χ0v) is 14.4. The number of hydrogen-bond donors (Lipinski definition) is 0. The van der Waals surface area contributed by atoms with Gasteiger partial charge in [0.15, 0.2) is 11.5 Å². The van der Waals surface area contributed by atoms with Gasteiger partial charge in [-0.15, -0.1) is 0 Å². The van der Waals surface area contributed by atoms with Gasteiger partial charge in [-0.2, -0.15) is 0 Å². The van der Waals surface area contributed by atoms with E-state index in [0.29, 0.717) is 17.1 Å². The second-order valence-corrected chi connectivity index (χ2v) is 6.37. The molecule has 0 atom stereocenters. The van der Waals surface area contributed by atoms with Crippen molar-refractivity contribution in [1.29, 1.82) is 0 Å². The molecule has 0 radical (unpaired) electrons. The molecule has 132 valence electrons. The Morgan fingerprint density at radius 3 is 2.68 bits per heavy atom. The average molecular weight is 342 g/mol. The summed E-state index contributed by atoms with van der Waals surface area (Å²) in [4.78, 5) is 21.2. The van der Waals surface area contributed by atoms with Crippen molar-refractivity contribution >= 4 is 5.91 Å². The van der Waals surface area contributed by atoms with Crippen LogP contribution in [0.4, 0.5) is 0 Å². The number of imidazole rings is 1. The van der Waals surface area contributed by atoms with E-state index in [9.17, 15) is 4.79 Å². The molecule has 1 aromatic heterocycles. The normalized spacial score (nSPS) is 17.1. The zero-order valence-electron chi connectivity index (χ0n) is 14.4. The molecule has 4 rings (SSSR count). The van der Waals surface area contributed by atoms with Gasteiger partial charge in [0.05, 0.1) is 0 Å². The van der Waals surface area contributed by atoms with E-state index in [1.54, 1.807) is 12.1 Å². The summed E-state index contributed by atoms with van der Waals surface area (Å²) in [6.45, 7) is 7.43. The van der Waals surface area contributed by atoms with Gasteiger partial charge >= 0.3 is 0 Å². The van der Waals surface area contributed by atoms with Gasteiger partial charge < -0.3 is 18.9 Å². The summed E-state index contributed by atoms with van der Waals surface area (Å²) in [5.41, 5.74) is 0.659. The highest BCUT2D eigenvalue weighted by Crippen LogP contribution is 2.32. The van der Waals surface area contributed by atoms with Crippen LogP contribution in [0.15, 0.2) is 30.6 Å². The predicted molar refractivity (Wildman–Crippen MR) is 91.9 cm³/mol. The summed E-state index contributed by atoms with van der Waals surface area (Å²) in [7, 11) is 0. The highest BCUT2D eigenvalue weighted by atomic mass is 16.7. The highest BCUT2D eigenvalue weighted by Gasteiger charge is 2.24.